The van der Waals surface area contributed by atoms with Crippen molar-refractivity contribution in [2.75, 3.05) is 14.2 Å². The van der Waals surface area contributed by atoms with E-state index in [9.17, 15) is 4.79 Å². The number of hydrogen-bond donors (Lipinski definition) is 1. The van der Waals surface area contributed by atoms with Gasteiger partial charge in [-0.2, -0.15) is 0 Å². The van der Waals surface area contributed by atoms with Gasteiger partial charge in [-0.3, -0.25) is 4.79 Å². The number of carbonyl (C=O) groups excluding carboxylic acids is 1. The van der Waals surface area contributed by atoms with E-state index in [4.69, 9.17) is 9.47 Å². The minimum absolute atomic E-state index is 0.237. The number of methoxy groups -OCH3 is 2. The number of carbonyl (C=O) groups is 1. The van der Waals surface area contributed by atoms with Crippen LogP contribution in [-0.2, 0) is 0 Å². The molecular weight excluding hydrogens is 356 g/mol. The van der Waals surface area contributed by atoms with Crippen molar-refractivity contribution in [1.29, 1.82) is 0 Å². The van der Waals surface area contributed by atoms with Crippen molar-refractivity contribution in [1.82, 2.24) is 20.3 Å². The molecule has 28 heavy (non-hydrogen) atoms. The molecule has 0 radical (unpaired) electrons. The molecule has 7 nitrogen and oxygen atoms in total. The van der Waals surface area contributed by atoms with Gasteiger partial charge in [0.25, 0.3) is 5.91 Å². The summed E-state index contributed by atoms with van der Waals surface area (Å²) in [4.78, 5) is 12.6. The van der Waals surface area contributed by atoms with Crippen LogP contribution in [0.15, 0.2) is 42.6 Å². The third-order valence-corrected chi connectivity index (χ3v) is 4.45. The molecule has 3 aromatic rings. The number of hydrogen-bond acceptors (Lipinski definition) is 5. The molecule has 0 fully saturated rings. The number of nitrogens with zero attached hydrogens (tertiary/aromatic N) is 3. The molecule has 0 saturated carbocycles. The van der Waals surface area contributed by atoms with Crippen molar-refractivity contribution in [2.45, 2.75) is 26.8 Å². The normalized spacial score (nSPS) is 11.8. The quantitative estimate of drug-likeness (QED) is 0.709. The van der Waals surface area contributed by atoms with Crippen molar-refractivity contribution in [3.8, 4) is 17.2 Å². The Bertz CT molecular complexity index is 977. The summed E-state index contributed by atoms with van der Waals surface area (Å²) in [7, 11) is 3.16. The molecule has 1 aromatic heterocycles. The first-order valence-corrected chi connectivity index (χ1v) is 8.95. The van der Waals surface area contributed by atoms with Crippen LogP contribution in [0.4, 0.5) is 0 Å². The highest BCUT2D eigenvalue weighted by molar-refractivity contribution is 5.92. The zero-order chi connectivity index (χ0) is 20.3. The van der Waals surface area contributed by atoms with Gasteiger partial charge in [0.2, 0.25) is 0 Å². The summed E-state index contributed by atoms with van der Waals surface area (Å²) < 4.78 is 12.2. The van der Waals surface area contributed by atoms with Gasteiger partial charge < -0.3 is 14.8 Å². The van der Waals surface area contributed by atoms with Crippen LogP contribution in [0.25, 0.3) is 5.69 Å². The molecule has 0 unspecified atom stereocenters. The Morgan fingerprint density at radius 2 is 1.71 bits per heavy atom. The Morgan fingerprint density at radius 1 is 1.04 bits per heavy atom. The van der Waals surface area contributed by atoms with E-state index >= 15 is 0 Å². The Balaban J connectivity index is 1.75. The van der Waals surface area contributed by atoms with Gasteiger partial charge in [0.15, 0.2) is 17.2 Å². The fourth-order valence-corrected chi connectivity index (χ4v) is 3.05. The molecule has 146 valence electrons. The lowest BCUT2D eigenvalue weighted by Crippen LogP contribution is -2.27. The van der Waals surface area contributed by atoms with Gasteiger partial charge in [-0.25, -0.2) is 4.68 Å². The van der Waals surface area contributed by atoms with Crippen molar-refractivity contribution >= 4 is 5.91 Å². The van der Waals surface area contributed by atoms with Gasteiger partial charge in [0.05, 0.1) is 32.1 Å². The molecular formula is C21H24N4O3. The molecule has 1 N–H and O–H groups in total. The van der Waals surface area contributed by atoms with E-state index in [0.717, 1.165) is 22.4 Å². The lowest BCUT2D eigenvalue weighted by atomic mass is 10.1. The summed E-state index contributed by atoms with van der Waals surface area (Å²) in [5.41, 5.74) is 4.27. The van der Waals surface area contributed by atoms with E-state index in [-0.39, 0.29) is 17.6 Å². The van der Waals surface area contributed by atoms with E-state index in [1.54, 1.807) is 25.1 Å². The topological polar surface area (TPSA) is 78.3 Å². The van der Waals surface area contributed by atoms with E-state index in [2.05, 4.69) is 21.7 Å². The van der Waals surface area contributed by atoms with Gasteiger partial charge in [0, 0.05) is 0 Å². The monoisotopic (exact) mass is 380 g/mol. The fraction of sp³-hybridized carbons (Fsp3) is 0.286. The summed E-state index contributed by atoms with van der Waals surface area (Å²) in [6.07, 6.45) is 1.63. The minimum atomic E-state index is -0.294. The van der Waals surface area contributed by atoms with Crippen molar-refractivity contribution in [3.63, 3.8) is 0 Å². The van der Waals surface area contributed by atoms with Crippen molar-refractivity contribution in [3.05, 3.63) is 65.0 Å². The van der Waals surface area contributed by atoms with Gasteiger partial charge in [-0.05, 0) is 61.7 Å². The summed E-state index contributed by atoms with van der Waals surface area (Å²) >= 11 is 0. The third kappa shape index (κ3) is 4.14. The zero-order valence-corrected chi connectivity index (χ0v) is 16.7. The van der Waals surface area contributed by atoms with Crippen LogP contribution < -0.4 is 14.8 Å². The first-order valence-electron chi connectivity index (χ1n) is 8.95. The van der Waals surface area contributed by atoms with Crippen LogP contribution in [0, 0.1) is 13.8 Å². The number of amides is 1. The van der Waals surface area contributed by atoms with Gasteiger partial charge in [-0.1, -0.05) is 17.3 Å². The molecule has 7 heteroatoms. The Labute approximate surface area is 164 Å². The summed E-state index contributed by atoms with van der Waals surface area (Å²) in [6, 6.07) is 11.4. The molecule has 2 aromatic carbocycles. The van der Waals surface area contributed by atoms with E-state index in [0.29, 0.717) is 11.5 Å². The van der Waals surface area contributed by atoms with E-state index in [1.807, 2.05) is 51.1 Å². The molecule has 0 aliphatic heterocycles. The highest BCUT2D eigenvalue weighted by atomic mass is 16.5. The summed E-state index contributed by atoms with van der Waals surface area (Å²) in [6.45, 7) is 5.94. The zero-order valence-electron chi connectivity index (χ0n) is 16.7. The second-order valence-electron chi connectivity index (χ2n) is 6.70. The summed E-state index contributed by atoms with van der Waals surface area (Å²) in [5, 5.41) is 11.0. The van der Waals surface area contributed by atoms with E-state index in [1.165, 1.54) is 0 Å². The molecule has 1 heterocycles. The smallest absolute Gasteiger partial charge is 0.273 e. The van der Waals surface area contributed by atoms with E-state index < -0.39 is 0 Å². The first kappa shape index (κ1) is 19.4. The molecule has 0 saturated heterocycles. The maximum absolute atomic E-state index is 12.6. The predicted octanol–water partition coefficient (Wildman–Crippen LogP) is 3.39. The summed E-state index contributed by atoms with van der Waals surface area (Å²) in [5.74, 6) is 0.959. The SMILES string of the molecule is COc1ccc([C@H](C)NC(=O)c2cn(-c3cc(C)cc(C)c3)nn2)cc1OC. The number of aryl methyl sites for hydroxylation is 2. The lowest BCUT2D eigenvalue weighted by molar-refractivity contribution is 0.0934. The maximum Gasteiger partial charge on any atom is 0.273 e. The largest absolute Gasteiger partial charge is 0.493 e. The van der Waals surface area contributed by atoms with Crippen molar-refractivity contribution in [2.24, 2.45) is 0 Å². The number of benzene rings is 2. The van der Waals surface area contributed by atoms with Crippen LogP contribution in [0.1, 0.15) is 40.1 Å². The van der Waals surface area contributed by atoms with Gasteiger partial charge in [-0.15, -0.1) is 5.10 Å². The van der Waals surface area contributed by atoms with Crippen molar-refractivity contribution < 1.29 is 14.3 Å². The lowest BCUT2D eigenvalue weighted by Gasteiger charge is -2.15. The van der Waals surface area contributed by atoms with Crippen LogP contribution in [0.3, 0.4) is 0 Å². The Hall–Kier alpha value is -3.35. The predicted molar refractivity (Wildman–Crippen MR) is 106 cm³/mol. The fourth-order valence-electron chi connectivity index (χ4n) is 3.05. The van der Waals surface area contributed by atoms with Crippen LogP contribution in [0.2, 0.25) is 0 Å². The molecule has 0 bridgehead atoms. The second-order valence-corrected chi connectivity index (χ2v) is 6.70. The first-order chi connectivity index (χ1) is 13.4. The third-order valence-electron chi connectivity index (χ3n) is 4.45. The average Bonchev–Trinajstić information content (AvgIpc) is 3.17. The Morgan fingerprint density at radius 3 is 2.36 bits per heavy atom. The Kier molecular flexibility index (Phi) is 5.63. The van der Waals surface area contributed by atoms with Crippen LogP contribution in [-0.4, -0.2) is 35.1 Å². The number of ether oxygens (including phenoxy) is 2. The molecule has 3 rings (SSSR count). The van der Waals surface area contributed by atoms with Gasteiger partial charge in [0.1, 0.15) is 0 Å². The van der Waals surface area contributed by atoms with Crippen LogP contribution >= 0.6 is 0 Å². The van der Waals surface area contributed by atoms with Crippen LogP contribution in [0.5, 0.6) is 11.5 Å². The molecule has 1 amide bonds. The highest BCUT2D eigenvalue weighted by Gasteiger charge is 2.17. The molecule has 1 atom stereocenters. The van der Waals surface area contributed by atoms with Gasteiger partial charge >= 0.3 is 0 Å². The second kappa shape index (κ2) is 8.12. The maximum atomic E-state index is 12.6. The minimum Gasteiger partial charge on any atom is -0.493 e. The molecule has 0 spiro atoms. The highest BCUT2D eigenvalue weighted by Crippen LogP contribution is 2.29. The number of rotatable bonds is 6. The molecule has 0 aliphatic rings. The standard InChI is InChI=1S/C21H24N4O3/c1-13-8-14(2)10-17(9-13)25-12-18(23-24-25)21(26)22-15(3)16-6-7-19(27-4)20(11-16)28-5/h6-12,15H,1-5H3,(H,22,26)/t15-/m0/s1. The number of aromatic nitrogens is 3. The average molecular weight is 380 g/mol. The molecule has 0 aliphatic carbocycles. The number of nitrogens with one attached hydrogen (secondary N) is 1.